The molecule has 0 aromatic heterocycles. The number of thioether (sulfide) groups is 1. The summed E-state index contributed by atoms with van der Waals surface area (Å²) in [6.07, 6.45) is 0. The Morgan fingerprint density at radius 3 is 2.11 bits per heavy atom. The van der Waals surface area contributed by atoms with Crippen LogP contribution >= 0.6 is 23.4 Å². The van der Waals surface area contributed by atoms with Gasteiger partial charge in [0, 0.05) is 27.2 Å². The van der Waals surface area contributed by atoms with Crippen molar-refractivity contribution in [3.8, 4) is 11.5 Å². The molecule has 0 saturated carbocycles. The zero-order valence-corrected chi connectivity index (χ0v) is 20.9. The van der Waals surface area contributed by atoms with E-state index < -0.39 is 4.75 Å². The van der Waals surface area contributed by atoms with Gasteiger partial charge in [-0.2, -0.15) is 0 Å². The van der Waals surface area contributed by atoms with Crippen molar-refractivity contribution in [2.24, 2.45) is 0 Å². The minimum absolute atomic E-state index is 0.0130. The molecule has 1 saturated heterocycles. The lowest BCUT2D eigenvalue weighted by Crippen LogP contribution is -2.65. The van der Waals surface area contributed by atoms with Crippen molar-refractivity contribution < 1.29 is 14.3 Å². The number of carbonyl (C=O) groups excluding carboxylic acids is 1. The van der Waals surface area contributed by atoms with Crippen LogP contribution < -0.4 is 14.4 Å². The van der Waals surface area contributed by atoms with Gasteiger partial charge in [-0.25, -0.2) is 0 Å². The van der Waals surface area contributed by atoms with Gasteiger partial charge in [0.05, 0.1) is 20.3 Å². The average molecular weight is 502 g/mol. The molecule has 2 unspecified atom stereocenters. The van der Waals surface area contributed by atoms with Crippen molar-refractivity contribution in [1.82, 2.24) is 0 Å². The van der Waals surface area contributed by atoms with Crippen LogP contribution in [0.4, 0.5) is 5.69 Å². The van der Waals surface area contributed by atoms with Gasteiger partial charge in [0.1, 0.15) is 11.5 Å². The number of hydrogen-bond donors (Lipinski definition) is 0. The summed E-state index contributed by atoms with van der Waals surface area (Å²) in [5.74, 6) is 1.26. The highest BCUT2D eigenvalue weighted by atomic mass is 35.5. The van der Waals surface area contributed by atoms with Gasteiger partial charge in [-0.3, -0.25) is 4.79 Å². The molecule has 1 fully saturated rings. The highest BCUT2D eigenvalue weighted by Crippen LogP contribution is 2.63. The van der Waals surface area contributed by atoms with Gasteiger partial charge in [0.15, 0.2) is 4.75 Å². The molecule has 0 N–H and O–H groups in total. The Balaban J connectivity index is 1.75. The fourth-order valence-electron chi connectivity index (χ4n) is 4.61. The molecule has 5 rings (SSSR count). The molecule has 176 valence electrons. The summed E-state index contributed by atoms with van der Waals surface area (Å²) in [6, 6.07) is 32.9. The zero-order valence-electron chi connectivity index (χ0n) is 19.4. The van der Waals surface area contributed by atoms with Gasteiger partial charge in [0.25, 0.3) is 5.91 Å². The summed E-state index contributed by atoms with van der Waals surface area (Å²) in [7, 11) is 3.24. The molecule has 4 nitrogen and oxygen atoms in total. The minimum Gasteiger partial charge on any atom is -0.497 e. The third-order valence-corrected chi connectivity index (χ3v) is 7.93. The fraction of sp³-hybridized carbons (Fsp3) is 0.138. The molecule has 4 aromatic rings. The summed E-state index contributed by atoms with van der Waals surface area (Å²) in [4.78, 5) is 17.2. The van der Waals surface area contributed by atoms with E-state index >= 15 is 0 Å². The molecular formula is C29H24ClNO3S. The van der Waals surface area contributed by atoms with E-state index in [1.807, 2.05) is 95.9 Å². The van der Waals surface area contributed by atoms with Gasteiger partial charge in [-0.15, -0.1) is 11.8 Å². The number of rotatable bonds is 7. The molecule has 1 heterocycles. The number of carbonyl (C=O) groups is 1. The van der Waals surface area contributed by atoms with E-state index in [1.165, 1.54) is 11.8 Å². The first kappa shape index (κ1) is 23.3. The number of halogens is 1. The van der Waals surface area contributed by atoms with Crippen molar-refractivity contribution >= 4 is 35.0 Å². The molecule has 1 aliphatic rings. The largest absolute Gasteiger partial charge is 0.497 e. The number of para-hydroxylation sites is 1. The molecule has 2 atom stereocenters. The number of ether oxygens (including phenoxy) is 2. The number of nitrogens with zero attached hydrogens (tertiary/aromatic N) is 1. The van der Waals surface area contributed by atoms with Crippen LogP contribution in [0.1, 0.15) is 17.2 Å². The van der Waals surface area contributed by atoms with Crippen molar-refractivity contribution in [3.63, 3.8) is 0 Å². The van der Waals surface area contributed by atoms with Crippen LogP contribution in [-0.4, -0.2) is 20.1 Å². The lowest BCUT2D eigenvalue weighted by molar-refractivity contribution is -0.128. The summed E-state index contributed by atoms with van der Waals surface area (Å²) in [6.45, 7) is 0. The van der Waals surface area contributed by atoms with Gasteiger partial charge in [-0.1, -0.05) is 60.1 Å². The first-order valence-corrected chi connectivity index (χ1v) is 12.4. The highest BCUT2D eigenvalue weighted by molar-refractivity contribution is 8.01. The van der Waals surface area contributed by atoms with Gasteiger partial charge < -0.3 is 14.4 Å². The normalized spacial score (nSPS) is 19.2. The smallest absolute Gasteiger partial charge is 0.251 e. The van der Waals surface area contributed by atoms with Gasteiger partial charge in [0.2, 0.25) is 0 Å². The molecular weight excluding hydrogens is 478 g/mol. The standard InChI is InChI=1S/C29H24ClNO3S/c1-33-23-15-18-25(26(19-23)34-2)29(35-24-16-13-21(30)14-17-24)27(20-9-5-3-6-10-20)31(28(29)32)22-11-7-4-8-12-22/h3-19,27H,1-2H3. The van der Waals surface area contributed by atoms with Gasteiger partial charge >= 0.3 is 0 Å². The molecule has 1 aliphatic heterocycles. The van der Waals surface area contributed by atoms with Crippen LogP contribution in [0.25, 0.3) is 0 Å². The van der Waals surface area contributed by atoms with E-state index in [9.17, 15) is 4.79 Å². The molecule has 4 aromatic carbocycles. The van der Waals surface area contributed by atoms with E-state index in [4.69, 9.17) is 21.1 Å². The Hall–Kier alpha value is -3.41. The maximum absolute atomic E-state index is 14.4. The Kier molecular flexibility index (Phi) is 6.46. The highest BCUT2D eigenvalue weighted by Gasteiger charge is 2.64. The van der Waals surface area contributed by atoms with Crippen LogP contribution in [0, 0.1) is 0 Å². The monoisotopic (exact) mass is 501 g/mol. The number of β-lactam (4-membered cyclic amide) rings is 1. The number of anilines is 1. The predicted octanol–water partition coefficient (Wildman–Crippen LogP) is 7.13. The molecule has 35 heavy (non-hydrogen) atoms. The van der Waals surface area contributed by atoms with Crippen molar-refractivity contribution in [2.75, 3.05) is 19.1 Å². The number of amides is 1. The quantitative estimate of drug-likeness (QED) is 0.252. The summed E-state index contributed by atoms with van der Waals surface area (Å²) in [5.41, 5.74) is 2.69. The van der Waals surface area contributed by atoms with E-state index in [2.05, 4.69) is 12.1 Å². The van der Waals surface area contributed by atoms with Crippen molar-refractivity contribution in [1.29, 1.82) is 0 Å². The average Bonchev–Trinajstić information content (AvgIpc) is 2.91. The number of methoxy groups -OCH3 is 2. The molecule has 0 bridgehead atoms. The Morgan fingerprint density at radius 2 is 1.49 bits per heavy atom. The summed E-state index contributed by atoms with van der Waals surface area (Å²) in [5, 5.41) is 0.649. The van der Waals surface area contributed by atoms with E-state index in [-0.39, 0.29) is 11.9 Å². The molecule has 0 spiro atoms. The Morgan fingerprint density at radius 1 is 0.829 bits per heavy atom. The third-order valence-electron chi connectivity index (χ3n) is 6.23. The van der Waals surface area contributed by atoms with Crippen LogP contribution in [0.2, 0.25) is 5.02 Å². The maximum atomic E-state index is 14.4. The molecule has 0 radical (unpaired) electrons. The fourth-order valence-corrected chi connectivity index (χ4v) is 6.20. The van der Waals surface area contributed by atoms with Crippen LogP contribution in [0.15, 0.2) is 108 Å². The topological polar surface area (TPSA) is 38.8 Å². The SMILES string of the molecule is COc1ccc(C2(Sc3ccc(Cl)cc3)C(=O)N(c3ccccc3)C2c2ccccc2)c(OC)c1. The van der Waals surface area contributed by atoms with E-state index in [0.717, 1.165) is 21.7 Å². The third kappa shape index (κ3) is 4.05. The second-order valence-electron chi connectivity index (χ2n) is 8.18. The van der Waals surface area contributed by atoms with Crippen LogP contribution in [-0.2, 0) is 9.54 Å². The summed E-state index contributed by atoms with van der Waals surface area (Å²) < 4.78 is 10.3. The first-order valence-electron chi connectivity index (χ1n) is 11.2. The maximum Gasteiger partial charge on any atom is 0.251 e. The Bertz CT molecular complexity index is 1330. The second kappa shape index (κ2) is 9.68. The lowest BCUT2D eigenvalue weighted by Gasteiger charge is -2.56. The van der Waals surface area contributed by atoms with Gasteiger partial charge in [-0.05, 0) is 54.1 Å². The minimum atomic E-state index is -0.970. The zero-order chi connectivity index (χ0) is 24.4. The van der Waals surface area contributed by atoms with Crippen molar-refractivity contribution in [3.05, 3.63) is 119 Å². The molecule has 1 amide bonds. The number of benzene rings is 4. The van der Waals surface area contributed by atoms with E-state index in [0.29, 0.717) is 16.5 Å². The first-order chi connectivity index (χ1) is 17.1. The van der Waals surface area contributed by atoms with Crippen LogP contribution in [0.3, 0.4) is 0 Å². The lowest BCUT2D eigenvalue weighted by atomic mass is 9.75. The predicted molar refractivity (Wildman–Crippen MR) is 142 cm³/mol. The number of hydrogen-bond acceptors (Lipinski definition) is 4. The Labute approximate surface area is 214 Å². The summed E-state index contributed by atoms with van der Waals surface area (Å²) >= 11 is 7.69. The molecule has 0 aliphatic carbocycles. The van der Waals surface area contributed by atoms with E-state index in [1.54, 1.807) is 14.2 Å². The van der Waals surface area contributed by atoms with Crippen LogP contribution in [0.5, 0.6) is 11.5 Å². The second-order valence-corrected chi connectivity index (χ2v) is 9.94. The molecule has 6 heteroatoms. The van der Waals surface area contributed by atoms with Crippen molar-refractivity contribution in [2.45, 2.75) is 15.7 Å².